The highest BCUT2D eigenvalue weighted by Crippen LogP contribution is 2.29. The highest BCUT2D eigenvalue weighted by molar-refractivity contribution is 6.25. The zero-order valence-electron chi connectivity index (χ0n) is 10.2. The van der Waals surface area contributed by atoms with Crippen molar-refractivity contribution in [2.24, 2.45) is 0 Å². The number of piperidine rings is 1. The minimum absolute atomic E-state index is 0.0136. The van der Waals surface area contributed by atoms with E-state index >= 15 is 0 Å². The van der Waals surface area contributed by atoms with Gasteiger partial charge >= 0.3 is 0 Å². The minimum Gasteiger partial charge on any atom is -0.398 e. The van der Waals surface area contributed by atoms with Gasteiger partial charge in [-0.05, 0) is 6.42 Å². The maximum absolute atomic E-state index is 12.3. The summed E-state index contributed by atoms with van der Waals surface area (Å²) in [4.78, 5) is 48.2. The Balaban J connectivity index is 2.00. The number of nitrogen functional groups attached to an aromatic ring is 1. The van der Waals surface area contributed by atoms with E-state index in [4.69, 9.17) is 5.73 Å². The van der Waals surface area contributed by atoms with Crippen LogP contribution in [0.3, 0.4) is 0 Å². The van der Waals surface area contributed by atoms with Gasteiger partial charge in [0.25, 0.3) is 11.8 Å². The quantitative estimate of drug-likeness (QED) is 0.654. The summed E-state index contributed by atoms with van der Waals surface area (Å²) in [6, 6.07) is 5.45. The van der Waals surface area contributed by atoms with Crippen molar-refractivity contribution in [2.75, 3.05) is 5.73 Å². The van der Waals surface area contributed by atoms with Crippen molar-refractivity contribution in [2.45, 2.75) is 18.9 Å². The van der Waals surface area contributed by atoms with Crippen molar-refractivity contribution in [3.05, 3.63) is 29.3 Å². The second-order valence-corrected chi connectivity index (χ2v) is 4.57. The first-order valence-electron chi connectivity index (χ1n) is 5.94. The summed E-state index contributed by atoms with van der Waals surface area (Å²) in [6.07, 6.45) is 0.189. The summed E-state index contributed by atoms with van der Waals surface area (Å²) >= 11 is 0. The molecule has 7 heteroatoms. The Morgan fingerprint density at radius 3 is 2.65 bits per heavy atom. The molecule has 7 nitrogen and oxygen atoms in total. The maximum atomic E-state index is 12.3. The van der Waals surface area contributed by atoms with E-state index in [-0.39, 0.29) is 29.7 Å². The van der Waals surface area contributed by atoms with Crippen LogP contribution in [0.5, 0.6) is 0 Å². The maximum Gasteiger partial charge on any atom is 0.270 e. The molecule has 4 amide bonds. The van der Waals surface area contributed by atoms with Gasteiger partial charge in [0.05, 0.1) is 11.3 Å². The predicted octanol–water partition coefficient (Wildman–Crippen LogP) is -0.730. The van der Waals surface area contributed by atoms with Crippen molar-refractivity contribution in [1.82, 2.24) is 10.2 Å². The molecule has 0 radical (unpaired) electrons. The van der Waals surface area contributed by atoms with Crippen LogP contribution in [-0.4, -0.2) is 34.6 Å². The van der Waals surface area contributed by atoms with E-state index in [0.717, 1.165) is 4.90 Å². The smallest absolute Gasteiger partial charge is 0.270 e. The van der Waals surface area contributed by atoms with E-state index < -0.39 is 29.7 Å². The Hall–Kier alpha value is -2.88. The Labute approximate surface area is 113 Å². The van der Waals surface area contributed by atoms with Gasteiger partial charge in [0.2, 0.25) is 11.8 Å². The largest absolute Gasteiger partial charge is 0.398 e. The molecule has 100 valence electrons. The van der Waals surface area contributed by atoms with Gasteiger partial charge in [-0.25, -0.2) is 0 Å². The number of carbonyl (C=O) groups is 4. The van der Waals surface area contributed by atoms with E-state index in [9.17, 15) is 19.2 Å². The fourth-order valence-electron chi connectivity index (χ4n) is 2.40. The number of amides is 4. The third kappa shape index (κ3) is 1.55. The summed E-state index contributed by atoms with van der Waals surface area (Å²) in [7, 11) is 0. The molecule has 3 rings (SSSR count). The molecule has 3 N–H and O–H groups in total. The number of hydrogen-bond donors (Lipinski definition) is 2. The third-order valence-corrected chi connectivity index (χ3v) is 3.35. The van der Waals surface area contributed by atoms with E-state index in [1.54, 1.807) is 0 Å². The van der Waals surface area contributed by atoms with Gasteiger partial charge in [-0.3, -0.25) is 29.4 Å². The normalized spacial score (nSPS) is 21.6. The second-order valence-electron chi connectivity index (χ2n) is 4.57. The molecule has 1 aromatic rings. The first kappa shape index (κ1) is 12.2. The Kier molecular flexibility index (Phi) is 2.47. The number of nitrogens with one attached hydrogen (secondary N) is 1. The first-order chi connectivity index (χ1) is 9.50. The molecule has 1 unspecified atom stereocenters. The summed E-state index contributed by atoms with van der Waals surface area (Å²) in [5.41, 5.74) is 5.84. The number of carbonyl (C=O) groups excluding carboxylic acids is 4. The van der Waals surface area contributed by atoms with E-state index in [2.05, 4.69) is 17.4 Å². The van der Waals surface area contributed by atoms with Crippen LogP contribution in [0, 0.1) is 12.1 Å². The number of anilines is 1. The van der Waals surface area contributed by atoms with Gasteiger partial charge in [-0.15, -0.1) is 0 Å². The predicted molar refractivity (Wildman–Crippen MR) is 65.2 cm³/mol. The lowest BCUT2D eigenvalue weighted by molar-refractivity contribution is -0.136. The number of fused-ring (bicyclic) bond motifs is 1. The van der Waals surface area contributed by atoms with Crippen molar-refractivity contribution < 1.29 is 19.2 Å². The third-order valence-electron chi connectivity index (χ3n) is 3.35. The number of nitrogens with zero attached hydrogens (tertiary/aromatic N) is 1. The summed E-state index contributed by atoms with van der Waals surface area (Å²) in [5, 5.41) is 2.12. The Morgan fingerprint density at radius 2 is 2.00 bits per heavy atom. The average Bonchev–Trinajstić information content (AvgIpc) is 2.64. The van der Waals surface area contributed by atoms with Crippen molar-refractivity contribution in [1.29, 1.82) is 0 Å². The fraction of sp³-hybridized carbons (Fsp3) is 0.231. The standard InChI is InChI=1S/C13H9N3O4/c14-7-3-1-2-6-10(7)13(20)16(12(6)19)8-4-5-9(17)15-11(8)18/h3,8H,4-5,14H2,(H,15,17,18). The lowest BCUT2D eigenvalue weighted by atomic mass is 10.0. The molecule has 2 heterocycles. The van der Waals surface area contributed by atoms with Gasteiger partial charge in [0.15, 0.2) is 0 Å². The van der Waals surface area contributed by atoms with Gasteiger partial charge < -0.3 is 5.73 Å². The topological polar surface area (TPSA) is 110 Å². The fourth-order valence-corrected chi connectivity index (χ4v) is 2.40. The van der Waals surface area contributed by atoms with Crippen molar-refractivity contribution in [3.8, 4) is 0 Å². The highest BCUT2D eigenvalue weighted by Gasteiger charge is 2.45. The van der Waals surface area contributed by atoms with Gasteiger partial charge in [0, 0.05) is 12.5 Å². The average molecular weight is 271 g/mol. The molecule has 0 aliphatic carbocycles. The van der Waals surface area contributed by atoms with Crippen LogP contribution in [0.25, 0.3) is 0 Å². The zero-order valence-corrected chi connectivity index (χ0v) is 10.2. The monoisotopic (exact) mass is 271 g/mol. The van der Waals surface area contributed by atoms with E-state index in [1.807, 2.05) is 0 Å². The van der Waals surface area contributed by atoms with Crippen LogP contribution in [-0.2, 0) is 9.59 Å². The highest BCUT2D eigenvalue weighted by atomic mass is 16.2. The van der Waals surface area contributed by atoms with Gasteiger partial charge in [0.1, 0.15) is 11.6 Å². The second kappa shape index (κ2) is 4.06. The summed E-state index contributed by atoms with van der Waals surface area (Å²) in [6.45, 7) is 0. The molecular formula is C13H9N3O4. The summed E-state index contributed by atoms with van der Waals surface area (Å²) < 4.78 is 0. The Morgan fingerprint density at radius 1 is 1.25 bits per heavy atom. The van der Waals surface area contributed by atoms with Crippen LogP contribution >= 0.6 is 0 Å². The van der Waals surface area contributed by atoms with Crippen LogP contribution in [0.2, 0.25) is 0 Å². The SMILES string of the molecule is Nc1cc#cc2c1C(=O)N(C1CCC(=O)NC1=O)C2=O. The van der Waals surface area contributed by atoms with Gasteiger partial charge in [-0.2, -0.15) is 0 Å². The van der Waals surface area contributed by atoms with Crippen LogP contribution in [0.4, 0.5) is 5.69 Å². The number of hydrogen-bond acceptors (Lipinski definition) is 5. The molecule has 1 atom stereocenters. The molecule has 0 bridgehead atoms. The van der Waals surface area contributed by atoms with Crippen LogP contribution in [0.1, 0.15) is 33.6 Å². The number of rotatable bonds is 1. The molecule has 2 aliphatic rings. The number of imide groups is 2. The van der Waals surface area contributed by atoms with Crippen LogP contribution in [0.15, 0.2) is 6.07 Å². The molecule has 0 saturated carbocycles. The van der Waals surface area contributed by atoms with Gasteiger partial charge in [-0.1, -0.05) is 12.1 Å². The first-order valence-corrected chi connectivity index (χ1v) is 5.94. The molecule has 2 aliphatic heterocycles. The molecule has 1 aromatic carbocycles. The molecule has 1 fully saturated rings. The Bertz CT molecular complexity index is 668. The molecule has 0 aromatic heterocycles. The molecule has 0 spiro atoms. The zero-order chi connectivity index (χ0) is 14.4. The lowest BCUT2D eigenvalue weighted by Gasteiger charge is -2.27. The molecule has 20 heavy (non-hydrogen) atoms. The lowest BCUT2D eigenvalue weighted by Crippen LogP contribution is -2.54. The summed E-state index contributed by atoms with van der Waals surface area (Å²) in [5.74, 6) is -2.34. The van der Waals surface area contributed by atoms with E-state index in [1.165, 1.54) is 6.07 Å². The van der Waals surface area contributed by atoms with E-state index in [0.29, 0.717) is 0 Å². The minimum atomic E-state index is -0.993. The number of nitrogens with two attached hydrogens (primary N) is 1. The van der Waals surface area contributed by atoms with Crippen LogP contribution < -0.4 is 11.1 Å². The van der Waals surface area contributed by atoms with Crippen molar-refractivity contribution >= 4 is 29.3 Å². The van der Waals surface area contributed by atoms with Crippen molar-refractivity contribution in [3.63, 3.8) is 0 Å². The molecular weight excluding hydrogens is 262 g/mol. The molecule has 1 saturated heterocycles.